The van der Waals surface area contributed by atoms with Gasteiger partial charge in [-0.3, -0.25) is 0 Å². The molecule has 0 aliphatic carbocycles. The number of nitrogens with zero attached hydrogens (tertiary/aromatic N) is 2. The highest BCUT2D eigenvalue weighted by atomic mass is 16.6. The standard InChI is InChI=1S/C22H37N3O3/c1-22(2,3)28-21(26)19-9-8-18(25(6)13-7-12-24(4)5)16-20(19)23-17-10-14-27-15-11-17/h8-9,16-17,23H,7,10-15H2,1-6H3. The number of nitrogens with one attached hydrogen (secondary N) is 1. The predicted molar refractivity (Wildman–Crippen MR) is 116 cm³/mol. The molecule has 0 amide bonds. The van der Waals surface area contributed by atoms with Crippen molar-refractivity contribution in [1.82, 2.24) is 4.90 Å². The van der Waals surface area contributed by atoms with Gasteiger partial charge in [-0.1, -0.05) is 0 Å². The average Bonchev–Trinajstić information content (AvgIpc) is 2.60. The fourth-order valence-corrected chi connectivity index (χ4v) is 3.22. The monoisotopic (exact) mass is 391 g/mol. The van der Waals surface area contributed by atoms with Crippen molar-refractivity contribution in [2.75, 3.05) is 57.7 Å². The van der Waals surface area contributed by atoms with Crippen LogP contribution < -0.4 is 10.2 Å². The highest BCUT2D eigenvalue weighted by Crippen LogP contribution is 2.27. The van der Waals surface area contributed by atoms with E-state index >= 15 is 0 Å². The summed E-state index contributed by atoms with van der Waals surface area (Å²) in [5.41, 5.74) is 2.01. The Morgan fingerprint density at radius 3 is 2.46 bits per heavy atom. The molecular weight excluding hydrogens is 354 g/mol. The third kappa shape index (κ3) is 7.32. The van der Waals surface area contributed by atoms with Gasteiger partial charge < -0.3 is 24.6 Å². The zero-order valence-corrected chi connectivity index (χ0v) is 18.4. The summed E-state index contributed by atoms with van der Waals surface area (Å²) >= 11 is 0. The molecule has 6 heteroatoms. The molecule has 6 nitrogen and oxygen atoms in total. The van der Waals surface area contributed by atoms with Gasteiger partial charge in [0, 0.05) is 38.5 Å². The van der Waals surface area contributed by atoms with Crippen molar-refractivity contribution in [2.24, 2.45) is 0 Å². The van der Waals surface area contributed by atoms with Gasteiger partial charge in [-0.15, -0.1) is 0 Å². The summed E-state index contributed by atoms with van der Waals surface area (Å²) in [6, 6.07) is 6.27. The molecular formula is C22H37N3O3. The predicted octanol–water partition coefficient (Wildman–Crippen LogP) is 3.62. The number of carbonyl (C=O) groups is 1. The summed E-state index contributed by atoms with van der Waals surface area (Å²) < 4.78 is 11.1. The van der Waals surface area contributed by atoms with Crippen LogP contribution in [0.2, 0.25) is 0 Å². The number of benzene rings is 1. The van der Waals surface area contributed by atoms with Crippen molar-refractivity contribution >= 4 is 17.3 Å². The van der Waals surface area contributed by atoms with Crippen LogP contribution in [0.1, 0.15) is 50.4 Å². The van der Waals surface area contributed by atoms with Crippen molar-refractivity contribution < 1.29 is 14.3 Å². The molecule has 1 N–H and O–H groups in total. The summed E-state index contributed by atoms with van der Waals surface area (Å²) in [6.07, 6.45) is 2.97. The van der Waals surface area contributed by atoms with Gasteiger partial charge in [0.25, 0.3) is 0 Å². The van der Waals surface area contributed by atoms with E-state index < -0.39 is 5.60 Å². The van der Waals surface area contributed by atoms with Crippen LogP contribution in [0.4, 0.5) is 11.4 Å². The zero-order chi connectivity index (χ0) is 20.7. The van der Waals surface area contributed by atoms with E-state index in [2.05, 4.69) is 42.3 Å². The second-order valence-corrected chi connectivity index (χ2v) is 8.84. The first-order chi connectivity index (χ1) is 13.2. The van der Waals surface area contributed by atoms with Crippen molar-refractivity contribution in [3.8, 4) is 0 Å². The number of rotatable bonds is 8. The van der Waals surface area contributed by atoms with Crippen LogP contribution in [-0.2, 0) is 9.47 Å². The minimum atomic E-state index is -0.519. The van der Waals surface area contributed by atoms with Crippen LogP contribution in [0.5, 0.6) is 0 Å². The van der Waals surface area contributed by atoms with Gasteiger partial charge in [0.2, 0.25) is 0 Å². The Morgan fingerprint density at radius 2 is 1.86 bits per heavy atom. The quantitative estimate of drug-likeness (QED) is 0.683. The SMILES string of the molecule is CN(C)CCCN(C)c1ccc(C(=O)OC(C)(C)C)c(NC2CCOCC2)c1. The second-order valence-electron chi connectivity index (χ2n) is 8.84. The molecule has 1 fully saturated rings. The molecule has 28 heavy (non-hydrogen) atoms. The zero-order valence-electron chi connectivity index (χ0n) is 18.4. The molecule has 0 bridgehead atoms. The fourth-order valence-electron chi connectivity index (χ4n) is 3.22. The van der Waals surface area contributed by atoms with E-state index in [0.717, 1.165) is 56.9 Å². The Kier molecular flexibility index (Phi) is 8.13. The summed E-state index contributed by atoms with van der Waals surface area (Å²) in [4.78, 5) is 17.2. The van der Waals surface area contributed by atoms with Gasteiger partial charge in [0.05, 0.1) is 11.3 Å². The molecule has 0 spiro atoms. The summed E-state index contributed by atoms with van der Waals surface area (Å²) in [7, 11) is 6.27. The number of anilines is 2. The first-order valence-corrected chi connectivity index (χ1v) is 10.2. The lowest BCUT2D eigenvalue weighted by molar-refractivity contribution is 0.00706. The largest absolute Gasteiger partial charge is 0.456 e. The topological polar surface area (TPSA) is 54.0 Å². The molecule has 0 radical (unpaired) electrons. The number of hydrogen-bond donors (Lipinski definition) is 1. The van der Waals surface area contributed by atoms with Crippen LogP contribution in [0.25, 0.3) is 0 Å². The van der Waals surface area contributed by atoms with E-state index in [1.165, 1.54) is 0 Å². The maximum Gasteiger partial charge on any atom is 0.340 e. The molecule has 0 aromatic heterocycles. The third-order valence-corrected chi connectivity index (χ3v) is 4.74. The highest BCUT2D eigenvalue weighted by molar-refractivity contribution is 5.96. The normalized spacial score (nSPS) is 15.5. The van der Waals surface area contributed by atoms with Gasteiger partial charge in [-0.2, -0.15) is 0 Å². The van der Waals surface area contributed by atoms with E-state index in [-0.39, 0.29) is 5.97 Å². The molecule has 158 valence electrons. The lowest BCUT2D eigenvalue weighted by atomic mass is 10.1. The molecule has 0 unspecified atom stereocenters. The summed E-state index contributed by atoms with van der Waals surface area (Å²) in [6.45, 7) is 9.19. The van der Waals surface area contributed by atoms with E-state index in [1.807, 2.05) is 32.9 Å². The van der Waals surface area contributed by atoms with E-state index in [1.54, 1.807) is 0 Å². The third-order valence-electron chi connectivity index (χ3n) is 4.74. The van der Waals surface area contributed by atoms with Crippen LogP contribution in [0, 0.1) is 0 Å². The van der Waals surface area contributed by atoms with Crippen molar-refractivity contribution in [1.29, 1.82) is 0 Å². The molecule has 1 saturated heterocycles. The first kappa shape index (κ1) is 22.5. The van der Waals surface area contributed by atoms with Gasteiger partial charge in [0.1, 0.15) is 5.60 Å². The second kappa shape index (κ2) is 10.1. The fraction of sp³-hybridized carbons (Fsp3) is 0.682. The maximum absolute atomic E-state index is 12.7. The van der Waals surface area contributed by atoms with Gasteiger partial charge in [0.15, 0.2) is 0 Å². The van der Waals surface area contributed by atoms with Crippen molar-refractivity contribution in [3.63, 3.8) is 0 Å². The van der Waals surface area contributed by atoms with Crippen molar-refractivity contribution in [2.45, 2.75) is 51.7 Å². The molecule has 2 rings (SSSR count). The highest BCUT2D eigenvalue weighted by Gasteiger charge is 2.23. The number of ether oxygens (including phenoxy) is 2. The van der Waals surface area contributed by atoms with E-state index in [0.29, 0.717) is 11.6 Å². The minimum absolute atomic E-state index is 0.288. The molecule has 1 aromatic rings. The van der Waals surface area contributed by atoms with Crippen molar-refractivity contribution in [3.05, 3.63) is 23.8 Å². The number of esters is 1. The van der Waals surface area contributed by atoms with Gasteiger partial charge >= 0.3 is 5.97 Å². The smallest absolute Gasteiger partial charge is 0.340 e. The van der Waals surface area contributed by atoms with Crippen LogP contribution >= 0.6 is 0 Å². The summed E-state index contributed by atoms with van der Waals surface area (Å²) in [5.74, 6) is -0.288. The number of carbonyl (C=O) groups excluding carboxylic acids is 1. The van der Waals surface area contributed by atoms with Gasteiger partial charge in [-0.25, -0.2) is 4.79 Å². The lowest BCUT2D eigenvalue weighted by Gasteiger charge is -2.28. The van der Waals surface area contributed by atoms with Crippen LogP contribution in [0.3, 0.4) is 0 Å². The van der Waals surface area contributed by atoms with Gasteiger partial charge in [-0.05, 0) is 78.9 Å². The summed E-state index contributed by atoms with van der Waals surface area (Å²) in [5, 5.41) is 3.57. The number of hydrogen-bond acceptors (Lipinski definition) is 6. The Balaban J connectivity index is 2.19. The maximum atomic E-state index is 12.7. The Hall–Kier alpha value is -1.79. The van der Waals surface area contributed by atoms with Crippen LogP contribution in [0.15, 0.2) is 18.2 Å². The molecule has 1 aromatic carbocycles. The van der Waals surface area contributed by atoms with E-state index in [9.17, 15) is 4.79 Å². The Labute approximate surface area is 170 Å². The average molecular weight is 392 g/mol. The Morgan fingerprint density at radius 1 is 1.18 bits per heavy atom. The molecule has 0 saturated carbocycles. The Bertz CT molecular complexity index is 634. The minimum Gasteiger partial charge on any atom is -0.456 e. The van der Waals surface area contributed by atoms with E-state index in [4.69, 9.17) is 9.47 Å². The molecule has 0 atom stereocenters. The molecule has 1 aliphatic rings. The molecule has 1 heterocycles. The lowest BCUT2D eigenvalue weighted by Crippen LogP contribution is -2.30. The molecule has 1 aliphatic heterocycles. The first-order valence-electron chi connectivity index (χ1n) is 10.2. The van der Waals surface area contributed by atoms with Crippen LogP contribution in [-0.4, -0.2) is 70.0 Å².